The number of para-hydroxylation sites is 1. The predicted octanol–water partition coefficient (Wildman–Crippen LogP) is 2.66. The monoisotopic (exact) mass is 266 g/mol. The lowest BCUT2D eigenvalue weighted by atomic mass is 10.1. The highest BCUT2D eigenvalue weighted by Gasteiger charge is 2.25. The fraction of sp³-hybridized carbons (Fsp3) is 0.462. The largest absolute Gasteiger partial charge is 0.478 e. The van der Waals surface area contributed by atoms with Gasteiger partial charge >= 0.3 is 5.97 Å². The Morgan fingerprint density at radius 2 is 2.28 bits per heavy atom. The van der Waals surface area contributed by atoms with Crippen molar-refractivity contribution in [3.05, 3.63) is 23.8 Å². The van der Waals surface area contributed by atoms with E-state index >= 15 is 0 Å². The van der Waals surface area contributed by atoms with Gasteiger partial charge < -0.3 is 16.2 Å². The van der Waals surface area contributed by atoms with Gasteiger partial charge in [-0.15, -0.1) is 0 Å². The Bertz CT molecular complexity index is 451. The van der Waals surface area contributed by atoms with Gasteiger partial charge in [0.2, 0.25) is 0 Å². The fourth-order valence-corrected chi connectivity index (χ4v) is 3.20. The average Bonchev–Trinajstić information content (AvgIpc) is 2.79. The van der Waals surface area contributed by atoms with Crippen molar-refractivity contribution in [3.63, 3.8) is 0 Å². The second kappa shape index (κ2) is 5.52. The van der Waals surface area contributed by atoms with Crippen molar-refractivity contribution in [2.24, 2.45) is 0 Å². The Hall–Kier alpha value is -1.36. The molecule has 0 aliphatic heterocycles. The number of nitrogens with one attached hydrogen (secondary N) is 1. The topological polar surface area (TPSA) is 75.3 Å². The van der Waals surface area contributed by atoms with Crippen LogP contribution in [0.1, 0.15) is 29.6 Å². The summed E-state index contributed by atoms with van der Waals surface area (Å²) in [6, 6.07) is 5.31. The van der Waals surface area contributed by atoms with Crippen LogP contribution >= 0.6 is 11.8 Å². The number of nitrogens with two attached hydrogens (primary N) is 1. The third-order valence-corrected chi connectivity index (χ3v) is 4.49. The van der Waals surface area contributed by atoms with E-state index < -0.39 is 5.97 Å². The Morgan fingerprint density at radius 3 is 2.89 bits per heavy atom. The van der Waals surface area contributed by atoms with Crippen LogP contribution in [0.2, 0.25) is 0 Å². The summed E-state index contributed by atoms with van der Waals surface area (Å²) in [6.45, 7) is 0. The maximum Gasteiger partial charge on any atom is 0.337 e. The smallest absolute Gasteiger partial charge is 0.337 e. The summed E-state index contributed by atoms with van der Waals surface area (Å²) in [4.78, 5) is 11.2. The Labute approximate surface area is 111 Å². The van der Waals surface area contributed by atoms with Crippen LogP contribution in [0.4, 0.5) is 11.4 Å². The highest BCUT2D eigenvalue weighted by atomic mass is 32.2. The molecule has 0 aromatic heterocycles. The molecule has 2 rings (SSSR count). The molecule has 98 valence electrons. The van der Waals surface area contributed by atoms with Gasteiger partial charge in [0.1, 0.15) is 0 Å². The Balaban J connectivity index is 2.16. The third-order valence-electron chi connectivity index (χ3n) is 3.39. The molecule has 1 aliphatic carbocycles. The lowest BCUT2D eigenvalue weighted by Crippen LogP contribution is -2.19. The zero-order valence-corrected chi connectivity index (χ0v) is 11.2. The normalized spacial score (nSPS) is 22.9. The number of carboxylic acid groups (broad SMARTS) is 1. The summed E-state index contributed by atoms with van der Waals surface area (Å²) in [5.74, 6) is -0.941. The first-order valence-corrected chi connectivity index (χ1v) is 7.31. The van der Waals surface area contributed by atoms with Crippen LogP contribution in [0.3, 0.4) is 0 Å². The number of hydrogen-bond donors (Lipinski definition) is 3. The molecule has 2 atom stereocenters. The second-order valence-corrected chi connectivity index (χ2v) is 5.73. The first-order valence-electron chi connectivity index (χ1n) is 6.03. The van der Waals surface area contributed by atoms with Gasteiger partial charge in [-0.05, 0) is 37.7 Å². The minimum atomic E-state index is -0.941. The average molecular weight is 266 g/mol. The van der Waals surface area contributed by atoms with E-state index in [0.29, 0.717) is 22.7 Å². The molecule has 1 fully saturated rings. The van der Waals surface area contributed by atoms with Gasteiger partial charge in [-0.3, -0.25) is 0 Å². The van der Waals surface area contributed by atoms with Crippen LogP contribution in [-0.2, 0) is 0 Å². The highest BCUT2D eigenvalue weighted by molar-refractivity contribution is 7.99. The van der Waals surface area contributed by atoms with Crippen LogP contribution < -0.4 is 11.1 Å². The lowest BCUT2D eigenvalue weighted by Gasteiger charge is -2.18. The molecule has 4 nitrogen and oxygen atoms in total. The van der Waals surface area contributed by atoms with Gasteiger partial charge in [-0.1, -0.05) is 6.07 Å². The number of rotatable bonds is 4. The van der Waals surface area contributed by atoms with E-state index in [2.05, 4.69) is 11.6 Å². The molecule has 0 radical (unpaired) electrons. The molecule has 0 saturated heterocycles. The van der Waals surface area contributed by atoms with Crippen LogP contribution in [0.25, 0.3) is 0 Å². The highest BCUT2D eigenvalue weighted by Crippen LogP contribution is 2.32. The SMILES string of the molecule is CSC1CCC(Nc2c(N)cccc2C(=O)O)C1. The third kappa shape index (κ3) is 2.72. The minimum absolute atomic E-state index is 0.252. The summed E-state index contributed by atoms with van der Waals surface area (Å²) in [5, 5.41) is 13.1. The molecular formula is C13H18N2O2S. The van der Waals surface area contributed by atoms with E-state index in [1.165, 1.54) is 6.42 Å². The summed E-state index contributed by atoms with van der Waals surface area (Å²) >= 11 is 1.87. The zero-order chi connectivity index (χ0) is 13.1. The lowest BCUT2D eigenvalue weighted by molar-refractivity contribution is 0.0698. The number of benzene rings is 1. The van der Waals surface area contributed by atoms with Crippen molar-refractivity contribution in [2.75, 3.05) is 17.3 Å². The van der Waals surface area contributed by atoms with Gasteiger partial charge in [0.25, 0.3) is 0 Å². The van der Waals surface area contributed by atoms with Crippen molar-refractivity contribution in [2.45, 2.75) is 30.6 Å². The van der Waals surface area contributed by atoms with Gasteiger partial charge in [0, 0.05) is 11.3 Å². The molecule has 1 saturated carbocycles. The molecule has 0 heterocycles. The Morgan fingerprint density at radius 1 is 1.50 bits per heavy atom. The van der Waals surface area contributed by atoms with Crippen LogP contribution in [0.15, 0.2) is 18.2 Å². The number of hydrogen-bond acceptors (Lipinski definition) is 4. The molecule has 0 bridgehead atoms. The molecule has 2 unspecified atom stereocenters. The van der Waals surface area contributed by atoms with Crippen molar-refractivity contribution < 1.29 is 9.90 Å². The number of carboxylic acids is 1. The fourth-order valence-electron chi connectivity index (χ4n) is 2.40. The number of nitrogen functional groups attached to an aromatic ring is 1. The van der Waals surface area contributed by atoms with Gasteiger partial charge in [-0.2, -0.15) is 11.8 Å². The Kier molecular flexibility index (Phi) is 4.01. The van der Waals surface area contributed by atoms with E-state index in [1.54, 1.807) is 18.2 Å². The van der Waals surface area contributed by atoms with Crippen LogP contribution in [0, 0.1) is 0 Å². The van der Waals surface area contributed by atoms with E-state index in [-0.39, 0.29) is 5.56 Å². The van der Waals surface area contributed by atoms with Crippen LogP contribution in [0.5, 0.6) is 0 Å². The minimum Gasteiger partial charge on any atom is -0.478 e. The van der Waals surface area contributed by atoms with Gasteiger partial charge in [-0.25, -0.2) is 4.79 Å². The van der Waals surface area contributed by atoms with E-state index in [4.69, 9.17) is 10.8 Å². The summed E-state index contributed by atoms with van der Waals surface area (Å²) in [5.41, 5.74) is 7.19. The zero-order valence-electron chi connectivity index (χ0n) is 10.3. The van der Waals surface area contributed by atoms with Gasteiger partial charge in [0.05, 0.1) is 16.9 Å². The first-order chi connectivity index (χ1) is 8.61. The number of anilines is 2. The number of thioether (sulfide) groups is 1. The van der Waals surface area contributed by atoms with Gasteiger partial charge in [0.15, 0.2) is 0 Å². The maximum absolute atomic E-state index is 11.2. The number of aromatic carboxylic acids is 1. The molecular weight excluding hydrogens is 248 g/mol. The van der Waals surface area contributed by atoms with Crippen molar-refractivity contribution >= 4 is 29.1 Å². The molecule has 0 spiro atoms. The molecule has 5 heteroatoms. The first kappa shape index (κ1) is 13.1. The molecule has 1 aromatic rings. The maximum atomic E-state index is 11.2. The second-order valence-electron chi connectivity index (χ2n) is 4.59. The summed E-state index contributed by atoms with van der Waals surface area (Å²) < 4.78 is 0. The van der Waals surface area contributed by atoms with E-state index in [9.17, 15) is 4.79 Å². The van der Waals surface area contributed by atoms with Crippen molar-refractivity contribution in [1.82, 2.24) is 0 Å². The van der Waals surface area contributed by atoms with Crippen molar-refractivity contribution in [1.29, 1.82) is 0 Å². The predicted molar refractivity (Wildman–Crippen MR) is 76.4 cm³/mol. The van der Waals surface area contributed by atoms with Crippen LogP contribution in [-0.4, -0.2) is 28.6 Å². The van der Waals surface area contributed by atoms with E-state index in [1.807, 2.05) is 11.8 Å². The molecule has 0 amide bonds. The summed E-state index contributed by atoms with van der Waals surface area (Å²) in [7, 11) is 0. The standard InChI is InChI=1S/C13H18N2O2S/c1-18-9-6-5-8(7-9)15-12-10(13(16)17)3-2-4-11(12)14/h2-4,8-9,15H,5-7,14H2,1H3,(H,16,17). The molecule has 1 aromatic carbocycles. The quantitative estimate of drug-likeness (QED) is 0.730. The molecule has 4 N–H and O–H groups in total. The van der Waals surface area contributed by atoms with Crippen molar-refractivity contribution in [3.8, 4) is 0 Å². The van der Waals surface area contributed by atoms with E-state index in [0.717, 1.165) is 12.8 Å². The molecule has 18 heavy (non-hydrogen) atoms. The molecule has 1 aliphatic rings. The number of carbonyl (C=O) groups is 1. The summed E-state index contributed by atoms with van der Waals surface area (Å²) in [6.07, 6.45) is 5.42.